The van der Waals surface area contributed by atoms with Crippen molar-refractivity contribution >= 4 is 5.97 Å². The van der Waals surface area contributed by atoms with E-state index in [9.17, 15) is 9.90 Å². The summed E-state index contributed by atoms with van der Waals surface area (Å²) in [7, 11) is 0. The third-order valence-corrected chi connectivity index (χ3v) is 2.53. The van der Waals surface area contributed by atoms with E-state index in [4.69, 9.17) is 5.11 Å². The summed E-state index contributed by atoms with van der Waals surface area (Å²) >= 11 is 0. The van der Waals surface area contributed by atoms with Crippen molar-refractivity contribution < 1.29 is 15.0 Å². The van der Waals surface area contributed by atoms with Crippen LogP contribution in [0.5, 0.6) is 0 Å². The third-order valence-electron chi connectivity index (χ3n) is 2.53. The Kier molecular flexibility index (Phi) is 4.99. The highest BCUT2D eigenvalue weighted by Gasteiger charge is 2.08. The molecule has 16 heavy (non-hydrogen) atoms. The van der Waals surface area contributed by atoms with Crippen molar-refractivity contribution in [3.05, 3.63) is 35.4 Å². The molecule has 0 aliphatic heterocycles. The summed E-state index contributed by atoms with van der Waals surface area (Å²) in [6.07, 6.45) is 1.37. The summed E-state index contributed by atoms with van der Waals surface area (Å²) in [5.74, 6) is -0.942. The highest BCUT2D eigenvalue weighted by atomic mass is 16.4. The average Bonchev–Trinajstić information content (AvgIpc) is 2.20. The first-order valence-corrected chi connectivity index (χ1v) is 5.53. The van der Waals surface area contributed by atoms with Gasteiger partial charge in [0.2, 0.25) is 0 Å². The zero-order valence-corrected chi connectivity index (χ0v) is 9.52. The normalized spacial score (nSPS) is 12.4. The van der Waals surface area contributed by atoms with Crippen molar-refractivity contribution in [3.63, 3.8) is 0 Å². The highest BCUT2D eigenvalue weighted by molar-refractivity contribution is 5.67. The number of aliphatic hydroxyl groups is 1. The second kappa shape index (κ2) is 6.28. The van der Waals surface area contributed by atoms with E-state index < -0.39 is 12.1 Å². The lowest BCUT2D eigenvalue weighted by atomic mass is 10.0. The van der Waals surface area contributed by atoms with Crippen molar-refractivity contribution in [2.45, 2.75) is 38.7 Å². The Hall–Kier alpha value is -1.35. The first-order valence-electron chi connectivity index (χ1n) is 5.53. The maximum absolute atomic E-state index is 10.3. The molecule has 0 aliphatic rings. The summed E-state index contributed by atoms with van der Waals surface area (Å²) in [4.78, 5) is 10.3. The minimum Gasteiger partial charge on any atom is -0.481 e. The molecule has 0 saturated heterocycles. The van der Waals surface area contributed by atoms with Crippen LogP contribution in [0, 0.1) is 6.92 Å². The number of hydrogen-bond donors (Lipinski definition) is 2. The Morgan fingerprint density at radius 1 is 1.31 bits per heavy atom. The Morgan fingerprint density at radius 3 is 2.50 bits per heavy atom. The monoisotopic (exact) mass is 222 g/mol. The number of benzene rings is 1. The predicted molar refractivity (Wildman–Crippen MR) is 62.4 cm³/mol. The van der Waals surface area contributed by atoms with E-state index in [2.05, 4.69) is 24.3 Å². The fraction of sp³-hybridized carbons (Fsp3) is 0.462. The molecule has 1 aromatic rings. The summed E-state index contributed by atoms with van der Waals surface area (Å²) in [5.41, 5.74) is 2.46. The fourth-order valence-corrected chi connectivity index (χ4v) is 1.60. The molecular weight excluding hydrogens is 204 g/mol. The van der Waals surface area contributed by atoms with Gasteiger partial charge in [-0.3, -0.25) is 4.79 Å². The number of hydrogen-bond acceptors (Lipinski definition) is 2. The van der Waals surface area contributed by atoms with Crippen molar-refractivity contribution in [3.8, 4) is 0 Å². The maximum Gasteiger partial charge on any atom is 0.305 e. The Labute approximate surface area is 95.7 Å². The SMILES string of the molecule is Cc1ccc(CCC[C@@H](O)CC(=O)O)cc1. The average molecular weight is 222 g/mol. The number of aryl methyl sites for hydroxylation is 2. The third kappa shape index (κ3) is 4.94. The number of aliphatic hydroxyl groups excluding tert-OH is 1. The van der Waals surface area contributed by atoms with Crippen LogP contribution < -0.4 is 0 Å². The molecule has 0 amide bonds. The van der Waals surface area contributed by atoms with Crippen LogP contribution in [0.4, 0.5) is 0 Å². The van der Waals surface area contributed by atoms with Crippen molar-refractivity contribution in [2.75, 3.05) is 0 Å². The quantitative estimate of drug-likeness (QED) is 0.775. The summed E-state index contributed by atoms with van der Waals surface area (Å²) in [6, 6.07) is 8.25. The molecule has 0 aliphatic carbocycles. The number of carboxylic acid groups (broad SMARTS) is 1. The molecular formula is C13H18O3. The number of rotatable bonds is 6. The number of aliphatic carboxylic acids is 1. The second-order valence-corrected chi connectivity index (χ2v) is 4.13. The van der Waals surface area contributed by atoms with Crippen LogP contribution >= 0.6 is 0 Å². The van der Waals surface area contributed by atoms with Gasteiger partial charge in [0.25, 0.3) is 0 Å². The lowest BCUT2D eigenvalue weighted by molar-refractivity contribution is -0.139. The first kappa shape index (κ1) is 12.7. The van der Waals surface area contributed by atoms with Gasteiger partial charge in [-0.1, -0.05) is 29.8 Å². The second-order valence-electron chi connectivity index (χ2n) is 4.13. The molecule has 0 bridgehead atoms. The van der Waals surface area contributed by atoms with E-state index in [1.54, 1.807) is 0 Å². The molecule has 0 fully saturated rings. The van der Waals surface area contributed by atoms with Gasteiger partial charge in [-0.05, 0) is 31.7 Å². The van der Waals surface area contributed by atoms with Crippen molar-refractivity contribution in [2.24, 2.45) is 0 Å². The van der Waals surface area contributed by atoms with Crippen LogP contribution in [0.1, 0.15) is 30.4 Å². The van der Waals surface area contributed by atoms with Gasteiger partial charge in [0.15, 0.2) is 0 Å². The van der Waals surface area contributed by atoms with E-state index >= 15 is 0 Å². The van der Waals surface area contributed by atoms with Crippen LogP contribution in [-0.4, -0.2) is 22.3 Å². The first-order chi connectivity index (χ1) is 7.58. The van der Waals surface area contributed by atoms with Crippen molar-refractivity contribution in [1.29, 1.82) is 0 Å². The molecule has 0 unspecified atom stereocenters. The van der Waals surface area contributed by atoms with Gasteiger partial charge in [-0.2, -0.15) is 0 Å². The summed E-state index contributed by atoms with van der Waals surface area (Å²) in [6.45, 7) is 2.04. The van der Waals surface area contributed by atoms with Gasteiger partial charge < -0.3 is 10.2 Å². The molecule has 88 valence electrons. The number of carboxylic acids is 1. The number of carbonyl (C=O) groups is 1. The Balaban J connectivity index is 2.25. The molecule has 0 heterocycles. The van der Waals surface area contributed by atoms with Gasteiger partial charge in [0.05, 0.1) is 12.5 Å². The van der Waals surface area contributed by atoms with E-state index in [0.717, 1.165) is 12.8 Å². The van der Waals surface area contributed by atoms with Crippen LogP contribution in [0.3, 0.4) is 0 Å². The van der Waals surface area contributed by atoms with E-state index in [1.807, 2.05) is 6.92 Å². The van der Waals surface area contributed by atoms with Gasteiger partial charge in [0, 0.05) is 0 Å². The van der Waals surface area contributed by atoms with Gasteiger partial charge in [-0.25, -0.2) is 0 Å². The van der Waals surface area contributed by atoms with Crippen LogP contribution in [0.15, 0.2) is 24.3 Å². The van der Waals surface area contributed by atoms with Crippen LogP contribution in [0.2, 0.25) is 0 Å². The van der Waals surface area contributed by atoms with Gasteiger partial charge in [-0.15, -0.1) is 0 Å². The van der Waals surface area contributed by atoms with Crippen LogP contribution in [-0.2, 0) is 11.2 Å². The molecule has 0 saturated carbocycles. The predicted octanol–water partition coefficient (Wildman–Crippen LogP) is 2.15. The largest absolute Gasteiger partial charge is 0.481 e. The zero-order valence-electron chi connectivity index (χ0n) is 9.52. The molecule has 1 rings (SSSR count). The minimum atomic E-state index is -0.942. The standard InChI is InChI=1S/C13H18O3/c1-10-5-7-11(8-6-10)3-2-4-12(14)9-13(15)16/h5-8,12,14H,2-4,9H2,1H3,(H,15,16)/t12-/m1/s1. The molecule has 0 spiro atoms. The molecule has 0 radical (unpaired) electrons. The highest BCUT2D eigenvalue weighted by Crippen LogP contribution is 2.09. The molecule has 1 atom stereocenters. The lowest BCUT2D eigenvalue weighted by Gasteiger charge is -2.07. The summed E-state index contributed by atoms with van der Waals surface area (Å²) < 4.78 is 0. The molecule has 0 aromatic heterocycles. The summed E-state index contributed by atoms with van der Waals surface area (Å²) in [5, 5.41) is 17.8. The fourth-order valence-electron chi connectivity index (χ4n) is 1.60. The van der Waals surface area contributed by atoms with E-state index in [-0.39, 0.29) is 6.42 Å². The topological polar surface area (TPSA) is 57.5 Å². The van der Waals surface area contributed by atoms with Crippen molar-refractivity contribution in [1.82, 2.24) is 0 Å². The maximum atomic E-state index is 10.3. The molecule has 2 N–H and O–H groups in total. The molecule has 3 heteroatoms. The smallest absolute Gasteiger partial charge is 0.305 e. The van der Waals surface area contributed by atoms with E-state index in [0.29, 0.717) is 6.42 Å². The lowest BCUT2D eigenvalue weighted by Crippen LogP contribution is -2.12. The van der Waals surface area contributed by atoms with E-state index in [1.165, 1.54) is 11.1 Å². The zero-order chi connectivity index (χ0) is 12.0. The molecule has 1 aromatic carbocycles. The Bertz CT molecular complexity index is 330. The van der Waals surface area contributed by atoms with Gasteiger partial charge in [0.1, 0.15) is 0 Å². The van der Waals surface area contributed by atoms with Gasteiger partial charge >= 0.3 is 5.97 Å². The molecule has 3 nitrogen and oxygen atoms in total. The Morgan fingerprint density at radius 2 is 1.94 bits per heavy atom. The van der Waals surface area contributed by atoms with Crippen LogP contribution in [0.25, 0.3) is 0 Å². The minimum absolute atomic E-state index is 0.159.